The predicted octanol–water partition coefficient (Wildman–Crippen LogP) is 2.69. The molecule has 0 spiro atoms. The summed E-state index contributed by atoms with van der Waals surface area (Å²) in [6, 6.07) is 5.02. The topological polar surface area (TPSA) is 60.9 Å². The molecule has 0 bridgehead atoms. The molecule has 16 heavy (non-hydrogen) atoms. The Kier molecular flexibility index (Phi) is 3.01. The lowest BCUT2D eigenvalue weighted by molar-refractivity contribution is 0.475. The molecule has 0 fully saturated rings. The second-order valence-electron chi connectivity index (χ2n) is 3.54. The van der Waals surface area contributed by atoms with Crippen LogP contribution in [-0.4, -0.2) is 15.3 Å². The Hall–Kier alpha value is -1.68. The number of phenols is 1. The first-order valence-electron chi connectivity index (χ1n) is 4.88. The Balaban J connectivity index is 2.05. The molecule has 0 radical (unpaired) electrons. The van der Waals surface area contributed by atoms with Crippen LogP contribution in [-0.2, 0) is 6.54 Å². The van der Waals surface area contributed by atoms with Crippen molar-refractivity contribution < 1.29 is 5.11 Å². The molecule has 0 aliphatic carbocycles. The standard InChI is InChI=1S/C11H12ClN3O/c1-7-8(6-14-15-7)5-13-9-2-3-11(16)10(12)4-9/h2-4,6,13,16H,5H2,1H3,(H,14,15). The van der Waals surface area contributed by atoms with Gasteiger partial charge >= 0.3 is 0 Å². The zero-order chi connectivity index (χ0) is 11.5. The van der Waals surface area contributed by atoms with Gasteiger partial charge in [0.2, 0.25) is 0 Å². The van der Waals surface area contributed by atoms with Crippen LogP contribution in [0.1, 0.15) is 11.3 Å². The minimum atomic E-state index is 0.0895. The summed E-state index contributed by atoms with van der Waals surface area (Å²) in [4.78, 5) is 0. The second-order valence-corrected chi connectivity index (χ2v) is 3.95. The number of aromatic amines is 1. The predicted molar refractivity (Wildman–Crippen MR) is 63.8 cm³/mol. The van der Waals surface area contributed by atoms with E-state index >= 15 is 0 Å². The third kappa shape index (κ3) is 2.28. The Morgan fingerprint density at radius 1 is 1.50 bits per heavy atom. The average molecular weight is 238 g/mol. The molecule has 0 aliphatic heterocycles. The quantitative estimate of drug-likeness (QED) is 0.720. The highest BCUT2D eigenvalue weighted by Gasteiger charge is 2.02. The van der Waals surface area contributed by atoms with Gasteiger partial charge in [0.1, 0.15) is 5.75 Å². The van der Waals surface area contributed by atoms with E-state index in [2.05, 4.69) is 15.5 Å². The molecule has 2 rings (SSSR count). The van der Waals surface area contributed by atoms with Gasteiger partial charge in [-0.3, -0.25) is 5.10 Å². The largest absolute Gasteiger partial charge is 0.506 e. The van der Waals surface area contributed by atoms with Crippen molar-refractivity contribution in [3.8, 4) is 5.75 Å². The van der Waals surface area contributed by atoms with E-state index in [0.717, 1.165) is 16.9 Å². The number of nitrogens with zero attached hydrogens (tertiary/aromatic N) is 1. The molecule has 84 valence electrons. The summed E-state index contributed by atoms with van der Waals surface area (Å²) in [6.45, 7) is 2.64. The van der Waals surface area contributed by atoms with Gasteiger partial charge in [0.15, 0.2) is 0 Å². The molecule has 1 aromatic carbocycles. The van der Waals surface area contributed by atoms with Crippen LogP contribution in [0.4, 0.5) is 5.69 Å². The molecule has 0 aliphatic rings. The van der Waals surface area contributed by atoms with Gasteiger partial charge in [0, 0.05) is 23.5 Å². The number of halogens is 1. The van der Waals surface area contributed by atoms with E-state index in [1.807, 2.05) is 6.92 Å². The first kappa shape index (κ1) is 10.8. The summed E-state index contributed by atoms with van der Waals surface area (Å²) >= 11 is 5.80. The number of H-pyrrole nitrogens is 1. The third-order valence-electron chi connectivity index (χ3n) is 2.36. The van der Waals surface area contributed by atoms with Crippen LogP contribution in [0, 0.1) is 6.92 Å². The lowest BCUT2D eigenvalue weighted by Crippen LogP contribution is -1.99. The molecule has 0 saturated heterocycles. The minimum absolute atomic E-state index is 0.0895. The number of aromatic hydroxyl groups is 1. The van der Waals surface area contributed by atoms with Gasteiger partial charge in [-0.15, -0.1) is 0 Å². The van der Waals surface area contributed by atoms with Gasteiger partial charge in [-0.1, -0.05) is 11.6 Å². The van der Waals surface area contributed by atoms with Crippen LogP contribution in [0.3, 0.4) is 0 Å². The Morgan fingerprint density at radius 3 is 2.94 bits per heavy atom. The van der Waals surface area contributed by atoms with Crippen molar-refractivity contribution >= 4 is 17.3 Å². The Labute approximate surface area is 98.3 Å². The fourth-order valence-corrected chi connectivity index (χ4v) is 1.55. The number of aryl methyl sites for hydroxylation is 1. The van der Waals surface area contributed by atoms with Gasteiger partial charge in [-0.25, -0.2) is 0 Å². The second kappa shape index (κ2) is 4.45. The first-order valence-corrected chi connectivity index (χ1v) is 5.26. The van der Waals surface area contributed by atoms with Crippen LogP contribution < -0.4 is 5.32 Å². The maximum Gasteiger partial charge on any atom is 0.134 e. The van der Waals surface area contributed by atoms with E-state index in [4.69, 9.17) is 11.6 Å². The summed E-state index contributed by atoms with van der Waals surface area (Å²) in [6.07, 6.45) is 1.78. The van der Waals surface area contributed by atoms with Gasteiger partial charge in [0.25, 0.3) is 0 Å². The molecule has 0 saturated carbocycles. The summed E-state index contributed by atoms with van der Waals surface area (Å²) < 4.78 is 0. The van der Waals surface area contributed by atoms with Crippen molar-refractivity contribution in [2.24, 2.45) is 0 Å². The van der Waals surface area contributed by atoms with Crippen molar-refractivity contribution in [2.45, 2.75) is 13.5 Å². The van der Waals surface area contributed by atoms with Crippen LogP contribution >= 0.6 is 11.6 Å². The van der Waals surface area contributed by atoms with E-state index in [0.29, 0.717) is 11.6 Å². The zero-order valence-electron chi connectivity index (χ0n) is 8.79. The molecule has 1 aromatic heterocycles. The summed E-state index contributed by atoms with van der Waals surface area (Å²) in [7, 11) is 0. The van der Waals surface area contributed by atoms with E-state index in [1.54, 1.807) is 24.4 Å². The fraction of sp³-hybridized carbons (Fsp3) is 0.182. The minimum Gasteiger partial charge on any atom is -0.506 e. The van der Waals surface area contributed by atoms with Crippen LogP contribution in [0.15, 0.2) is 24.4 Å². The lowest BCUT2D eigenvalue weighted by Gasteiger charge is -2.06. The maximum absolute atomic E-state index is 9.27. The van der Waals surface area contributed by atoms with Crippen molar-refractivity contribution in [1.82, 2.24) is 10.2 Å². The number of nitrogens with one attached hydrogen (secondary N) is 2. The maximum atomic E-state index is 9.27. The van der Waals surface area contributed by atoms with Gasteiger partial charge in [-0.05, 0) is 25.1 Å². The van der Waals surface area contributed by atoms with Gasteiger partial charge < -0.3 is 10.4 Å². The lowest BCUT2D eigenvalue weighted by atomic mass is 10.2. The van der Waals surface area contributed by atoms with E-state index in [9.17, 15) is 5.11 Å². The molecule has 0 atom stereocenters. The fourth-order valence-electron chi connectivity index (χ4n) is 1.37. The molecule has 4 nitrogen and oxygen atoms in total. The molecule has 5 heteroatoms. The highest BCUT2D eigenvalue weighted by Crippen LogP contribution is 2.26. The van der Waals surface area contributed by atoms with Crippen LogP contribution in [0.25, 0.3) is 0 Å². The first-order chi connectivity index (χ1) is 7.66. The van der Waals surface area contributed by atoms with Crippen molar-refractivity contribution in [3.05, 3.63) is 40.7 Å². The van der Waals surface area contributed by atoms with Crippen LogP contribution in [0.2, 0.25) is 5.02 Å². The molecular formula is C11H12ClN3O. The number of phenolic OH excluding ortho intramolecular Hbond substituents is 1. The summed E-state index contributed by atoms with van der Waals surface area (Å²) in [5, 5.41) is 19.6. The van der Waals surface area contributed by atoms with Crippen molar-refractivity contribution in [2.75, 3.05) is 5.32 Å². The number of aromatic nitrogens is 2. The molecule has 3 N–H and O–H groups in total. The smallest absolute Gasteiger partial charge is 0.134 e. The number of benzene rings is 1. The Bertz CT molecular complexity index is 496. The average Bonchev–Trinajstić information content (AvgIpc) is 2.66. The number of hydrogen-bond donors (Lipinski definition) is 3. The van der Waals surface area contributed by atoms with E-state index in [1.165, 1.54) is 0 Å². The highest BCUT2D eigenvalue weighted by atomic mass is 35.5. The number of hydrogen-bond acceptors (Lipinski definition) is 3. The molecular weight excluding hydrogens is 226 g/mol. The normalized spacial score (nSPS) is 10.4. The zero-order valence-corrected chi connectivity index (χ0v) is 9.54. The van der Waals surface area contributed by atoms with Crippen LogP contribution in [0.5, 0.6) is 5.75 Å². The van der Waals surface area contributed by atoms with Crippen molar-refractivity contribution in [1.29, 1.82) is 0 Å². The Morgan fingerprint density at radius 2 is 2.31 bits per heavy atom. The number of anilines is 1. The molecule has 2 aromatic rings. The van der Waals surface area contributed by atoms with Gasteiger partial charge in [-0.2, -0.15) is 5.10 Å². The van der Waals surface area contributed by atoms with Crippen molar-refractivity contribution in [3.63, 3.8) is 0 Å². The van der Waals surface area contributed by atoms with E-state index in [-0.39, 0.29) is 5.75 Å². The molecule has 0 amide bonds. The summed E-state index contributed by atoms with van der Waals surface area (Å²) in [5.74, 6) is 0.0895. The number of rotatable bonds is 3. The highest BCUT2D eigenvalue weighted by molar-refractivity contribution is 6.32. The molecule has 1 heterocycles. The van der Waals surface area contributed by atoms with Gasteiger partial charge in [0.05, 0.1) is 11.2 Å². The van der Waals surface area contributed by atoms with E-state index < -0.39 is 0 Å². The molecule has 0 unspecified atom stereocenters. The SMILES string of the molecule is Cc1[nH]ncc1CNc1ccc(O)c(Cl)c1. The summed E-state index contributed by atoms with van der Waals surface area (Å²) in [5.41, 5.74) is 3.00. The third-order valence-corrected chi connectivity index (χ3v) is 2.67. The monoisotopic (exact) mass is 237 g/mol.